The molecule has 0 aromatic rings. The van der Waals surface area contributed by atoms with Crippen LogP contribution in [0.3, 0.4) is 0 Å². The third-order valence-corrected chi connectivity index (χ3v) is 2.29. The van der Waals surface area contributed by atoms with Crippen LogP contribution in [0.5, 0.6) is 0 Å². The van der Waals surface area contributed by atoms with Crippen molar-refractivity contribution < 1.29 is 14.3 Å². The summed E-state index contributed by atoms with van der Waals surface area (Å²) in [5, 5.41) is 3.04. The maximum absolute atomic E-state index is 11.4. The second-order valence-corrected chi connectivity index (χ2v) is 4.41. The number of nitrogens with one attached hydrogen (secondary N) is 1. The Morgan fingerprint density at radius 3 is 2.38 bits per heavy atom. The first kappa shape index (κ1) is 15.4. The second kappa shape index (κ2) is 8.53. The first-order valence-electron chi connectivity index (χ1n) is 5.94. The van der Waals surface area contributed by atoms with Gasteiger partial charge in [-0.15, -0.1) is 0 Å². The lowest BCUT2D eigenvalue weighted by atomic mass is 10.1. The minimum atomic E-state index is -0.357. The van der Waals surface area contributed by atoms with Crippen molar-refractivity contribution in [1.82, 2.24) is 5.32 Å². The number of carbonyl (C=O) groups excluding carboxylic acids is 1. The van der Waals surface area contributed by atoms with Gasteiger partial charge in [-0.2, -0.15) is 0 Å². The Balaban J connectivity index is 3.96. The average molecular weight is 231 g/mol. The van der Waals surface area contributed by atoms with E-state index in [2.05, 4.69) is 19.2 Å². The van der Waals surface area contributed by atoms with E-state index in [1.165, 1.54) is 7.11 Å². The Morgan fingerprint density at radius 1 is 1.31 bits per heavy atom. The van der Waals surface area contributed by atoms with Crippen LogP contribution in [0.25, 0.3) is 0 Å². The fraction of sp³-hybridized carbons (Fsp3) is 0.917. The van der Waals surface area contributed by atoms with Gasteiger partial charge in [-0.1, -0.05) is 20.8 Å². The largest absolute Gasteiger partial charge is 0.468 e. The van der Waals surface area contributed by atoms with Crippen molar-refractivity contribution in [3.63, 3.8) is 0 Å². The molecule has 0 heterocycles. The van der Waals surface area contributed by atoms with Gasteiger partial charge in [0.2, 0.25) is 0 Å². The van der Waals surface area contributed by atoms with Crippen LogP contribution in [0.2, 0.25) is 0 Å². The number of esters is 1. The van der Waals surface area contributed by atoms with Crippen LogP contribution in [0.15, 0.2) is 0 Å². The van der Waals surface area contributed by atoms with E-state index in [0.717, 1.165) is 13.0 Å². The molecule has 0 aliphatic carbocycles. The Hall–Kier alpha value is -0.610. The molecule has 2 unspecified atom stereocenters. The molecule has 0 spiro atoms. The number of ether oxygens (including phenoxy) is 2. The number of rotatable bonds is 8. The number of likely N-dealkylation sites (N-methyl/N-ethyl adjacent to an activating group) is 1. The normalized spacial score (nSPS) is 14.9. The van der Waals surface area contributed by atoms with E-state index >= 15 is 0 Å². The van der Waals surface area contributed by atoms with Gasteiger partial charge in [0.15, 0.2) is 0 Å². The van der Waals surface area contributed by atoms with Crippen molar-refractivity contribution in [2.24, 2.45) is 5.92 Å². The monoisotopic (exact) mass is 231 g/mol. The van der Waals surface area contributed by atoms with Crippen molar-refractivity contribution in [2.75, 3.05) is 20.3 Å². The van der Waals surface area contributed by atoms with Gasteiger partial charge in [0.1, 0.15) is 6.04 Å². The third-order valence-electron chi connectivity index (χ3n) is 2.29. The molecule has 0 saturated heterocycles. The standard InChI is InChI=1S/C12H25NO3/c1-6-13-11(12(14)15-5)8-16-10(4)7-9(2)3/h9-11,13H,6-8H2,1-5H3. The molecule has 16 heavy (non-hydrogen) atoms. The van der Waals surface area contributed by atoms with Gasteiger partial charge in [-0.25, -0.2) is 0 Å². The Morgan fingerprint density at radius 2 is 1.94 bits per heavy atom. The molecule has 0 aromatic carbocycles. The minimum Gasteiger partial charge on any atom is -0.468 e. The molecule has 0 aliphatic rings. The highest BCUT2D eigenvalue weighted by Gasteiger charge is 2.19. The predicted octanol–water partition coefficient (Wildman–Crippen LogP) is 1.59. The summed E-state index contributed by atoms with van der Waals surface area (Å²) in [7, 11) is 1.39. The van der Waals surface area contributed by atoms with Crippen molar-refractivity contribution in [2.45, 2.75) is 46.3 Å². The van der Waals surface area contributed by atoms with Gasteiger partial charge in [-0.05, 0) is 25.8 Å². The topological polar surface area (TPSA) is 47.6 Å². The van der Waals surface area contributed by atoms with Gasteiger partial charge in [0.25, 0.3) is 0 Å². The van der Waals surface area contributed by atoms with E-state index in [1.807, 2.05) is 13.8 Å². The zero-order valence-electron chi connectivity index (χ0n) is 11.1. The van der Waals surface area contributed by atoms with Crippen molar-refractivity contribution >= 4 is 5.97 Å². The van der Waals surface area contributed by atoms with Crippen LogP contribution in [0.4, 0.5) is 0 Å². The average Bonchev–Trinajstić information content (AvgIpc) is 2.22. The van der Waals surface area contributed by atoms with E-state index in [0.29, 0.717) is 12.5 Å². The van der Waals surface area contributed by atoms with E-state index in [1.54, 1.807) is 0 Å². The highest BCUT2D eigenvalue weighted by Crippen LogP contribution is 2.07. The quantitative estimate of drug-likeness (QED) is 0.644. The number of carbonyl (C=O) groups is 1. The Kier molecular flexibility index (Phi) is 8.21. The van der Waals surface area contributed by atoms with Crippen LogP contribution in [-0.2, 0) is 14.3 Å². The zero-order valence-corrected chi connectivity index (χ0v) is 11.1. The van der Waals surface area contributed by atoms with Crippen LogP contribution < -0.4 is 5.32 Å². The number of methoxy groups -OCH3 is 1. The number of hydrogen-bond donors (Lipinski definition) is 1. The fourth-order valence-corrected chi connectivity index (χ4v) is 1.59. The van der Waals surface area contributed by atoms with E-state index in [-0.39, 0.29) is 18.1 Å². The van der Waals surface area contributed by atoms with Crippen LogP contribution in [0, 0.1) is 5.92 Å². The minimum absolute atomic E-state index is 0.172. The molecule has 1 N–H and O–H groups in total. The van der Waals surface area contributed by atoms with Crippen LogP contribution >= 0.6 is 0 Å². The van der Waals surface area contributed by atoms with Crippen molar-refractivity contribution in [3.05, 3.63) is 0 Å². The van der Waals surface area contributed by atoms with Gasteiger partial charge >= 0.3 is 5.97 Å². The molecule has 0 aromatic heterocycles. The molecule has 0 bridgehead atoms. The summed E-state index contributed by atoms with van der Waals surface area (Å²) in [6.07, 6.45) is 1.17. The highest BCUT2D eigenvalue weighted by molar-refractivity contribution is 5.75. The molecular weight excluding hydrogens is 206 g/mol. The SMILES string of the molecule is CCNC(COC(C)CC(C)C)C(=O)OC. The summed E-state index contributed by atoms with van der Waals surface area (Å²) in [5.41, 5.74) is 0. The van der Waals surface area contributed by atoms with E-state index in [4.69, 9.17) is 9.47 Å². The predicted molar refractivity (Wildman–Crippen MR) is 64.3 cm³/mol. The molecule has 0 saturated carbocycles. The molecule has 4 nitrogen and oxygen atoms in total. The van der Waals surface area contributed by atoms with Gasteiger partial charge in [-0.3, -0.25) is 4.79 Å². The van der Waals surface area contributed by atoms with Gasteiger partial charge < -0.3 is 14.8 Å². The first-order chi connectivity index (χ1) is 7.51. The van der Waals surface area contributed by atoms with E-state index in [9.17, 15) is 4.79 Å². The summed E-state index contributed by atoms with van der Waals surface area (Å²) in [6, 6.07) is -0.357. The van der Waals surface area contributed by atoms with Gasteiger partial charge in [0.05, 0.1) is 19.8 Å². The summed E-state index contributed by atoms with van der Waals surface area (Å²) in [4.78, 5) is 11.4. The maximum Gasteiger partial charge on any atom is 0.325 e. The Bertz CT molecular complexity index is 195. The van der Waals surface area contributed by atoms with Crippen LogP contribution in [0.1, 0.15) is 34.1 Å². The first-order valence-corrected chi connectivity index (χ1v) is 5.94. The smallest absolute Gasteiger partial charge is 0.325 e. The lowest BCUT2D eigenvalue weighted by molar-refractivity contribution is -0.145. The molecule has 0 radical (unpaired) electrons. The summed E-state index contributed by atoms with van der Waals surface area (Å²) >= 11 is 0. The lowest BCUT2D eigenvalue weighted by Crippen LogP contribution is -2.42. The summed E-state index contributed by atoms with van der Waals surface area (Å²) < 4.78 is 10.3. The van der Waals surface area contributed by atoms with Crippen molar-refractivity contribution in [3.8, 4) is 0 Å². The Labute approximate surface area is 98.7 Å². The van der Waals surface area contributed by atoms with Crippen molar-refractivity contribution in [1.29, 1.82) is 0 Å². The molecule has 0 fully saturated rings. The molecule has 0 rings (SSSR count). The molecule has 0 aliphatic heterocycles. The zero-order chi connectivity index (χ0) is 12.6. The summed E-state index contributed by atoms with van der Waals surface area (Å²) in [6.45, 7) is 9.38. The lowest BCUT2D eigenvalue weighted by Gasteiger charge is -2.20. The fourth-order valence-electron chi connectivity index (χ4n) is 1.59. The molecule has 2 atom stereocenters. The second-order valence-electron chi connectivity index (χ2n) is 4.41. The molecule has 0 amide bonds. The van der Waals surface area contributed by atoms with Crippen LogP contribution in [-0.4, -0.2) is 38.4 Å². The molecular formula is C12H25NO3. The highest BCUT2D eigenvalue weighted by atomic mass is 16.5. The summed E-state index contributed by atoms with van der Waals surface area (Å²) in [5.74, 6) is 0.337. The maximum atomic E-state index is 11.4. The third kappa shape index (κ3) is 6.80. The molecule has 4 heteroatoms. The van der Waals surface area contributed by atoms with E-state index < -0.39 is 0 Å². The molecule has 96 valence electrons. The van der Waals surface area contributed by atoms with Gasteiger partial charge in [0, 0.05) is 0 Å². The number of hydrogen-bond acceptors (Lipinski definition) is 4.